The molecule has 0 fully saturated rings. The van der Waals surface area contributed by atoms with Crippen LogP contribution in [0, 0.1) is 5.82 Å². The van der Waals surface area contributed by atoms with Gasteiger partial charge in [-0.15, -0.1) is 0 Å². The molecule has 2 heterocycles. The first kappa shape index (κ1) is 16.2. The van der Waals surface area contributed by atoms with E-state index in [1.807, 2.05) is 0 Å². The van der Waals surface area contributed by atoms with Gasteiger partial charge in [-0.25, -0.2) is 17.6 Å². The zero-order chi connectivity index (χ0) is 18.6. The third-order valence-electron chi connectivity index (χ3n) is 4.18. The largest absolute Gasteiger partial charge is 0.478 e. The second-order valence-corrected chi connectivity index (χ2v) is 7.54. The lowest BCUT2D eigenvalue weighted by molar-refractivity contribution is 0.0691. The van der Waals surface area contributed by atoms with Crippen molar-refractivity contribution in [3.8, 4) is 16.8 Å². The molecule has 0 saturated carbocycles. The van der Waals surface area contributed by atoms with Crippen molar-refractivity contribution in [2.24, 2.45) is 0 Å². The van der Waals surface area contributed by atoms with Gasteiger partial charge < -0.3 is 5.11 Å². The second-order valence-electron chi connectivity index (χ2n) is 5.70. The summed E-state index contributed by atoms with van der Waals surface area (Å²) in [5, 5.41) is 8.87. The Morgan fingerprint density at radius 3 is 2.38 bits per heavy atom. The summed E-state index contributed by atoms with van der Waals surface area (Å²) >= 11 is 0. The quantitative estimate of drug-likeness (QED) is 0.547. The van der Waals surface area contributed by atoms with E-state index in [2.05, 4.69) is 0 Å². The van der Waals surface area contributed by atoms with Crippen LogP contribution in [0.15, 0.2) is 69.3 Å². The van der Waals surface area contributed by atoms with Crippen molar-refractivity contribution in [2.45, 2.75) is 9.92 Å². The van der Waals surface area contributed by atoms with Crippen molar-refractivity contribution >= 4 is 15.8 Å². The van der Waals surface area contributed by atoms with Crippen LogP contribution in [0.5, 0.6) is 0 Å². The first-order chi connectivity index (χ1) is 12.3. The number of hydrogen-bond acceptors (Lipinski definition) is 4. The number of benzene rings is 2. The third-order valence-corrected chi connectivity index (χ3v) is 6.01. The molecule has 0 spiro atoms. The molecule has 130 valence electrons. The number of aromatic carboxylic acids is 1. The normalized spacial score (nSPS) is 13.9. The highest BCUT2D eigenvalue weighted by Gasteiger charge is 2.39. The molecular formula is C18H10FNO5S. The molecule has 3 aromatic rings. The minimum absolute atomic E-state index is 0.0130. The van der Waals surface area contributed by atoms with Gasteiger partial charge in [-0.1, -0.05) is 30.3 Å². The number of carboxylic acids is 1. The molecule has 1 N–H and O–H groups in total. The monoisotopic (exact) mass is 371 g/mol. The van der Waals surface area contributed by atoms with Crippen LogP contribution < -0.4 is 5.56 Å². The van der Waals surface area contributed by atoms with Crippen molar-refractivity contribution < 1.29 is 22.7 Å². The van der Waals surface area contributed by atoms with E-state index in [0.29, 0.717) is 5.56 Å². The molecule has 26 heavy (non-hydrogen) atoms. The molecule has 0 amide bonds. The van der Waals surface area contributed by atoms with Crippen LogP contribution in [0.1, 0.15) is 10.4 Å². The maximum atomic E-state index is 13.7. The molecule has 4 rings (SSSR count). The summed E-state index contributed by atoms with van der Waals surface area (Å²) in [6.07, 6.45) is 0. The number of carboxylic acid groups (broad SMARTS) is 1. The maximum absolute atomic E-state index is 13.7. The molecule has 6 nitrogen and oxygen atoms in total. The molecular weight excluding hydrogens is 361 g/mol. The second kappa shape index (κ2) is 5.37. The lowest BCUT2D eigenvalue weighted by Crippen LogP contribution is -2.24. The number of aromatic nitrogens is 1. The number of hydrogen-bond donors (Lipinski definition) is 1. The average molecular weight is 371 g/mol. The molecule has 0 atom stereocenters. The van der Waals surface area contributed by atoms with Crippen molar-refractivity contribution in [3.63, 3.8) is 0 Å². The van der Waals surface area contributed by atoms with Crippen LogP contribution in [-0.4, -0.2) is 24.1 Å². The molecule has 1 aromatic heterocycles. The number of pyridine rings is 1. The summed E-state index contributed by atoms with van der Waals surface area (Å²) in [5.41, 5.74) is -1.02. The Bertz CT molecular complexity index is 1250. The molecule has 0 aliphatic carbocycles. The van der Waals surface area contributed by atoms with Crippen LogP contribution in [0.3, 0.4) is 0 Å². The van der Waals surface area contributed by atoms with Crippen molar-refractivity contribution in [2.75, 3.05) is 0 Å². The fourth-order valence-corrected chi connectivity index (χ4v) is 4.80. The van der Waals surface area contributed by atoms with Gasteiger partial charge in [-0.05, 0) is 29.8 Å². The van der Waals surface area contributed by atoms with Gasteiger partial charge in [0.05, 0.1) is 16.1 Å². The summed E-state index contributed by atoms with van der Waals surface area (Å²) in [5.74, 6) is -2.23. The molecule has 8 heteroatoms. The molecule has 0 unspecified atom stereocenters. The highest BCUT2D eigenvalue weighted by molar-refractivity contribution is 7.91. The van der Waals surface area contributed by atoms with Crippen LogP contribution in [0.2, 0.25) is 0 Å². The number of halogens is 1. The van der Waals surface area contributed by atoms with Gasteiger partial charge in [-0.3, -0.25) is 9.36 Å². The standard InChI is InChI=1S/C18H10FNO5S/c19-11-6-7-15-14(8-11)20-16(21)12(10-4-2-1-3-5-10)9-13(18(22)23)17(20)26(15,24)25/h1-9H,(H,22,23). The Morgan fingerprint density at radius 1 is 1.04 bits per heavy atom. The highest BCUT2D eigenvalue weighted by atomic mass is 32.2. The van der Waals surface area contributed by atoms with E-state index < -0.39 is 37.8 Å². The fourth-order valence-electron chi connectivity index (χ4n) is 3.06. The van der Waals surface area contributed by atoms with Gasteiger partial charge in [0.25, 0.3) is 5.56 Å². The minimum atomic E-state index is -4.26. The summed E-state index contributed by atoms with van der Waals surface area (Å²) in [6.45, 7) is 0. The lowest BCUT2D eigenvalue weighted by atomic mass is 10.1. The lowest BCUT2D eigenvalue weighted by Gasteiger charge is -2.10. The number of nitrogens with zero attached hydrogens (tertiary/aromatic N) is 1. The van der Waals surface area contributed by atoms with Crippen LogP contribution in [0.25, 0.3) is 16.8 Å². The number of carbonyl (C=O) groups is 1. The van der Waals surface area contributed by atoms with E-state index in [4.69, 9.17) is 0 Å². The minimum Gasteiger partial charge on any atom is -0.478 e. The van der Waals surface area contributed by atoms with Gasteiger partial charge in [0.15, 0.2) is 5.03 Å². The summed E-state index contributed by atoms with van der Waals surface area (Å²) in [6, 6.07) is 12.2. The van der Waals surface area contributed by atoms with Crippen LogP contribution >= 0.6 is 0 Å². The van der Waals surface area contributed by atoms with Gasteiger partial charge in [0.1, 0.15) is 5.82 Å². The Morgan fingerprint density at radius 2 is 1.73 bits per heavy atom. The Labute approximate surface area is 146 Å². The molecule has 0 radical (unpaired) electrons. The Hall–Kier alpha value is -3.26. The zero-order valence-electron chi connectivity index (χ0n) is 13.0. The van der Waals surface area contributed by atoms with Crippen molar-refractivity contribution in [3.05, 3.63) is 76.3 Å². The Balaban J connectivity index is 2.21. The topological polar surface area (TPSA) is 93.4 Å². The fraction of sp³-hybridized carbons (Fsp3) is 0. The molecule has 1 aliphatic rings. The number of fused-ring (bicyclic) bond motifs is 3. The molecule has 1 aliphatic heterocycles. The highest BCUT2D eigenvalue weighted by Crippen LogP contribution is 2.37. The predicted molar refractivity (Wildman–Crippen MR) is 89.8 cm³/mol. The van der Waals surface area contributed by atoms with Crippen molar-refractivity contribution in [1.82, 2.24) is 4.57 Å². The smallest absolute Gasteiger partial charge is 0.338 e. The maximum Gasteiger partial charge on any atom is 0.338 e. The number of rotatable bonds is 2. The summed E-state index contributed by atoms with van der Waals surface area (Å²) in [4.78, 5) is 24.4. The van der Waals surface area contributed by atoms with Gasteiger partial charge >= 0.3 is 5.97 Å². The Kier molecular flexibility index (Phi) is 3.35. The first-order valence-corrected chi connectivity index (χ1v) is 8.94. The van der Waals surface area contributed by atoms with Crippen molar-refractivity contribution in [1.29, 1.82) is 0 Å². The zero-order valence-corrected chi connectivity index (χ0v) is 13.8. The molecule has 2 aromatic carbocycles. The predicted octanol–water partition coefficient (Wildman–Crippen LogP) is 2.49. The van der Waals surface area contributed by atoms with Gasteiger partial charge in [0, 0.05) is 5.56 Å². The van der Waals surface area contributed by atoms with Crippen LogP contribution in [-0.2, 0) is 9.84 Å². The van der Waals surface area contributed by atoms with E-state index in [-0.39, 0.29) is 16.1 Å². The first-order valence-electron chi connectivity index (χ1n) is 7.46. The molecule has 0 saturated heterocycles. The summed E-state index contributed by atoms with van der Waals surface area (Å²) < 4.78 is 40.0. The molecule has 0 bridgehead atoms. The summed E-state index contributed by atoms with van der Waals surface area (Å²) in [7, 11) is -4.26. The number of sulfone groups is 1. The van der Waals surface area contributed by atoms with Gasteiger partial charge in [-0.2, -0.15) is 0 Å². The van der Waals surface area contributed by atoms with E-state index in [1.54, 1.807) is 30.3 Å². The van der Waals surface area contributed by atoms with Gasteiger partial charge in [0.2, 0.25) is 9.84 Å². The van der Waals surface area contributed by atoms with Crippen LogP contribution in [0.4, 0.5) is 4.39 Å². The third kappa shape index (κ3) is 2.12. The SMILES string of the molecule is O=C(O)c1cc(-c2ccccc2)c(=O)n2c1S(=O)(=O)c1ccc(F)cc1-2. The van der Waals surface area contributed by atoms with E-state index in [0.717, 1.165) is 28.8 Å². The average Bonchev–Trinajstić information content (AvgIpc) is 2.83. The van der Waals surface area contributed by atoms with E-state index in [9.17, 15) is 27.5 Å². The van der Waals surface area contributed by atoms with E-state index in [1.165, 1.54) is 0 Å². The van der Waals surface area contributed by atoms with E-state index >= 15 is 0 Å².